The van der Waals surface area contributed by atoms with Crippen molar-refractivity contribution in [2.75, 3.05) is 12.4 Å². The van der Waals surface area contributed by atoms with Crippen LogP contribution in [0.4, 0.5) is 14.5 Å². The number of halogens is 2. The van der Waals surface area contributed by atoms with Crippen LogP contribution in [0.15, 0.2) is 18.2 Å². The average Bonchev–Trinajstić information content (AvgIpc) is 2.99. The van der Waals surface area contributed by atoms with Crippen molar-refractivity contribution >= 4 is 23.3 Å². The highest BCUT2D eigenvalue weighted by Crippen LogP contribution is 2.42. The first-order chi connectivity index (χ1) is 10.9. The molecule has 1 saturated carbocycles. The van der Waals surface area contributed by atoms with E-state index in [2.05, 4.69) is 0 Å². The van der Waals surface area contributed by atoms with E-state index in [9.17, 15) is 23.2 Å². The van der Waals surface area contributed by atoms with Crippen molar-refractivity contribution < 1.29 is 27.9 Å². The first kappa shape index (κ1) is 17.1. The van der Waals surface area contributed by atoms with Gasteiger partial charge in [-0.2, -0.15) is 0 Å². The number of ketones is 1. The summed E-state index contributed by atoms with van der Waals surface area (Å²) in [6.07, 6.45) is 2.08. The lowest BCUT2D eigenvalue weighted by Gasteiger charge is -2.24. The number of benzene rings is 1. The van der Waals surface area contributed by atoms with Crippen molar-refractivity contribution in [2.24, 2.45) is 5.41 Å². The van der Waals surface area contributed by atoms with Gasteiger partial charge in [0.15, 0.2) is 0 Å². The van der Waals surface area contributed by atoms with Crippen LogP contribution >= 0.6 is 0 Å². The number of esters is 1. The van der Waals surface area contributed by atoms with Gasteiger partial charge in [-0.15, -0.1) is 0 Å². The van der Waals surface area contributed by atoms with Crippen LogP contribution in [-0.2, 0) is 19.1 Å². The van der Waals surface area contributed by atoms with Crippen LogP contribution in [0.1, 0.15) is 32.1 Å². The third-order valence-corrected chi connectivity index (χ3v) is 4.13. The molecule has 1 fully saturated rings. The molecule has 5 nitrogen and oxygen atoms in total. The molecule has 0 radical (unpaired) electrons. The molecule has 7 heteroatoms. The first-order valence-corrected chi connectivity index (χ1v) is 7.26. The lowest BCUT2D eigenvalue weighted by Crippen LogP contribution is -2.36. The molecule has 23 heavy (non-hydrogen) atoms. The van der Waals surface area contributed by atoms with Crippen LogP contribution in [-0.4, -0.2) is 24.8 Å². The minimum Gasteiger partial charge on any atom is -0.469 e. The second-order valence-electron chi connectivity index (χ2n) is 5.63. The van der Waals surface area contributed by atoms with Gasteiger partial charge in [-0.3, -0.25) is 14.4 Å². The first-order valence-electron chi connectivity index (χ1n) is 7.26. The van der Waals surface area contributed by atoms with Gasteiger partial charge in [0.05, 0.1) is 12.5 Å². The van der Waals surface area contributed by atoms with E-state index in [1.165, 1.54) is 7.11 Å². The molecular formula is C16H17F2NO4. The Labute approximate surface area is 132 Å². The second-order valence-corrected chi connectivity index (χ2v) is 5.63. The predicted molar refractivity (Wildman–Crippen MR) is 77.5 cm³/mol. The maximum Gasteiger partial charge on any atom is 0.312 e. The number of amides is 1. The molecule has 1 aromatic carbocycles. The zero-order valence-electron chi connectivity index (χ0n) is 12.7. The summed E-state index contributed by atoms with van der Waals surface area (Å²) in [6.45, 7) is 0. The van der Waals surface area contributed by atoms with Crippen molar-refractivity contribution in [2.45, 2.75) is 32.1 Å². The fraction of sp³-hybridized carbons (Fsp3) is 0.438. The molecular weight excluding hydrogens is 308 g/mol. The lowest BCUT2D eigenvalue weighted by molar-refractivity contribution is -0.155. The summed E-state index contributed by atoms with van der Waals surface area (Å²) in [6, 6.07) is 3.08. The van der Waals surface area contributed by atoms with Crippen molar-refractivity contribution in [1.29, 1.82) is 0 Å². The summed E-state index contributed by atoms with van der Waals surface area (Å²) in [5, 5.41) is 1.94. The fourth-order valence-electron chi connectivity index (χ4n) is 2.91. The van der Waals surface area contributed by atoms with Crippen LogP contribution in [0.25, 0.3) is 0 Å². The Morgan fingerprint density at radius 3 is 2.26 bits per heavy atom. The standard InChI is InChI=1S/C16H17F2NO4/c1-23-15(22)16(7-2-3-8-16)9-12(20)14(21)19-13-10(17)5-4-6-11(13)18/h4-6H,2-3,7-9H2,1H3,(H,19,21). The second kappa shape index (κ2) is 6.85. The van der Waals surface area contributed by atoms with Crippen LogP contribution < -0.4 is 5.32 Å². The molecule has 2 rings (SSSR count). The smallest absolute Gasteiger partial charge is 0.312 e. The minimum atomic E-state index is -1.15. The minimum absolute atomic E-state index is 0.332. The maximum absolute atomic E-state index is 13.5. The van der Waals surface area contributed by atoms with E-state index in [0.717, 1.165) is 31.0 Å². The molecule has 1 aliphatic carbocycles. The van der Waals surface area contributed by atoms with Crippen molar-refractivity contribution in [3.05, 3.63) is 29.8 Å². The van der Waals surface area contributed by atoms with E-state index in [-0.39, 0.29) is 6.42 Å². The molecule has 0 aliphatic heterocycles. The normalized spacial score (nSPS) is 16.0. The van der Waals surface area contributed by atoms with Crippen LogP contribution in [0.2, 0.25) is 0 Å². The molecule has 0 aromatic heterocycles. The topological polar surface area (TPSA) is 72.5 Å². The summed E-state index contributed by atoms with van der Waals surface area (Å²) in [5.74, 6) is -4.54. The summed E-state index contributed by atoms with van der Waals surface area (Å²) in [5.41, 5.74) is -1.69. The number of anilines is 1. The molecule has 1 aliphatic rings. The Hall–Kier alpha value is -2.31. The summed E-state index contributed by atoms with van der Waals surface area (Å²) >= 11 is 0. The van der Waals surface area contributed by atoms with Gasteiger partial charge in [-0.25, -0.2) is 8.78 Å². The van der Waals surface area contributed by atoms with Gasteiger partial charge >= 0.3 is 5.97 Å². The monoisotopic (exact) mass is 325 g/mol. The number of Topliss-reactive ketones (excluding diaryl/α,β-unsaturated/α-hetero) is 1. The van der Waals surface area contributed by atoms with Gasteiger partial charge in [-0.1, -0.05) is 18.9 Å². The Balaban J connectivity index is 2.11. The highest BCUT2D eigenvalue weighted by Gasteiger charge is 2.45. The quantitative estimate of drug-likeness (QED) is 0.667. The van der Waals surface area contributed by atoms with Gasteiger partial charge in [0.2, 0.25) is 5.78 Å². The Kier molecular flexibility index (Phi) is 5.08. The third-order valence-electron chi connectivity index (χ3n) is 4.13. The molecule has 0 spiro atoms. The largest absolute Gasteiger partial charge is 0.469 e. The summed E-state index contributed by atoms with van der Waals surface area (Å²) < 4.78 is 31.7. The Morgan fingerprint density at radius 2 is 1.74 bits per heavy atom. The van der Waals surface area contributed by atoms with E-state index < -0.39 is 40.4 Å². The number of carbonyl (C=O) groups excluding carboxylic acids is 3. The lowest BCUT2D eigenvalue weighted by atomic mass is 9.81. The molecule has 1 N–H and O–H groups in total. The van der Waals surface area contributed by atoms with Crippen LogP contribution in [0.5, 0.6) is 0 Å². The van der Waals surface area contributed by atoms with Gasteiger partial charge in [0.1, 0.15) is 17.3 Å². The molecule has 1 amide bonds. The third kappa shape index (κ3) is 3.55. The highest BCUT2D eigenvalue weighted by atomic mass is 19.1. The Morgan fingerprint density at radius 1 is 1.17 bits per heavy atom. The SMILES string of the molecule is COC(=O)C1(CC(=O)C(=O)Nc2c(F)cccc2F)CCCC1. The van der Waals surface area contributed by atoms with Gasteiger partial charge in [0.25, 0.3) is 5.91 Å². The van der Waals surface area contributed by atoms with Gasteiger partial charge < -0.3 is 10.1 Å². The number of hydrogen-bond acceptors (Lipinski definition) is 4. The van der Waals surface area contributed by atoms with E-state index in [1.54, 1.807) is 0 Å². The number of hydrogen-bond donors (Lipinski definition) is 1. The van der Waals surface area contributed by atoms with E-state index in [1.807, 2.05) is 5.32 Å². The molecule has 0 heterocycles. The predicted octanol–water partition coefficient (Wildman–Crippen LogP) is 2.60. The number of carbonyl (C=O) groups is 3. The molecule has 0 saturated heterocycles. The number of ether oxygens (including phenoxy) is 1. The molecule has 124 valence electrons. The zero-order valence-corrected chi connectivity index (χ0v) is 12.7. The van der Waals surface area contributed by atoms with Crippen LogP contribution in [0.3, 0.4) is 0 Å². The maximum atomic E-state index is 13.5. The van der Waals surface area contributed by atoms with E-state index >= 15 is 0 Å². The Bertz CT molecular complexity index is 619. The molecule has 0 atom stereocenters. The van der Waals surface area contributed by atoms with E-state index in [0.29, 0.717) is 12.8 Å². The molecule has 0 bridgehead atoms. The van der Waals surface area contributed by atoms with Gasteiger partial charge in [-0.05, 0) is 25.0 Å². The highest BCUT2D eigenvalue weighted by molar-refractivity contribution is 6.41. The zero-order chi connectivity index (χ0) is 17.0. The number of rotatable bonds is 5. The van der Waals surface area contributed by atoms with Gasteiger partial charge in [0, 0.05) is 6.42 Å². The van der Waals surface area contributed by atoms with Crippen LogP contribution in [0, 0.1) is 17.0 Å². The summed E-state index contributed by atoms with van der Waals surface area (Å²) in [4.78, 5) is 35.9. The molecule has 0 unspecified atom stereocenters. The number of nitrogens with one attached hydrogen (secondary N) is 1. The molecule has 1 aromatic rings. The average molecular weight is 325 g/mol. The number of methoxy groups -OCH3 is 1. The van der Waals surface area contributed by atoms with Crippen molar-refractivity contribution in [1.82, 2.24) is 0 Å². The fourth-order valence-corrected chi connectivity index (χ4v) is 2.91. The number of para-hydroxylation sites is 1. The van der Waals surface area contributed by atoms with E-state index in [4.69, 9.17) is 4.74 Å². The van der Waals surface area contributed by atoms with Crippen molar-refractivity contribution in [3.8, 4) is 0 Å². The van der Waals surface area contributed by atoms with Crippen molar-refractivity contribution in [3.63, 3.8) is 0 Å². The summed E-state index contributed by atoms with van der Waals surface area (Å²) in [7, 11) is 1.22.